The number of aromatic nitrogens is 1. The summed E-state index contributed by atoms with van der Waals surface area (Å²) in [6.07, 6.45) is 1.59. The molecule has 0 spiro atoms. The third-order valence-corrected chi connectivity index (χ3v) is 1.64. The molecule has 0 aromatic carbocycles. The fraction of sp³-hybridized carbons (Fsp3) is 0.286. The molecule has 5 nitrogen and oxygen atoms in total. The number of halogens is 1. The van der Waals surface area contributed by atoms with E-state index in [4.69, 9.17) is 11.6 Å². The Morgan fingerprint density at radius 3 is 2.92 bits per heavy atom. The van der Waals surface area contributed by atoms with Crippen LogP contribution in [0.25, 0.3) is 0 Å². The summed E-state index contributed by atoms with van der Waals surface area (Å²) in [6, 6.07) is 1.45. The van der Waals surface area contributed by atoms with E-state index in [2.05, 4.69) is 4.98 Å². The van der Waals surface area contributed by atoms with Gasteiger partial charge in [-0.3, -0.25) is 15.1 Å². The molecule has 0 fully saturated rings. The first-order valence-corrected chi connectivity index (χ1v) is 3.87. The van der Waals surface area contributed by atoms with Gasteiger partial charge in [-0.1, -0.05) is 11.6 Å². The monoisotopic (exact) mass is 202 g/mol. The van der Waals surface area contributed by atoms with Gasteiger partial charge < -0.3 is 5.11 Å². The Labute approximate surface area is 79.1 Å². The molecule has 1 unspecified atom stereocenters. The smallest absolute Gasteiger partial charge is 0.233 e. The highest BCUT2D eigenvalue weighted by Gasteiger charge is 2.14. The third-order valence-electron chi connectivity index (χ3n) is 1.43. The first-order valence-electron chi connectivity index (χ1n) is 3.50. The van der Waals surface area contributed by atoms with Gasteiger partial charge in [-0.2, -0.15) is 0 Å². The second-order valence-electron chi connectivity index (χ2n) is 2.47. The van der Waals surface area contributed by atoms with Gasteiger partial charge in [-0.05, 0) is 6.07 Å². The lowest BCUT2D eigenvalue weighted by Gasteiger charge is -2.04. The predicted octanol–water partition coefficient (Wildman–Crippen LogP) is 1.05. The topological polar surface area (TPSA) is 76.3 Å². The Morgan fingerprint density at radius 2 is 2.38 bits per heavy atom. The van der Waals surface area contributed by atoms with Crippen LogP contribution in [0.1, 0.15) is 11.7 Å². The summed E-state index contributed by atoms with van der Waals surface area (Å²) in [5.74, 6) is 0. The number of aliphatic hydroxyl groups is 1. The normalized spacial score (nSPS) is 12.5. The van der Waals surface area contributed by atoms with Crippen molar-refractivity contribution in [3.63, 3.8) is 0 Å². The summed E-state index contributed by atoms with van der Waals surface area (Å²) in [6.45, 7) is -0.540. The molecule has 0 bridgehead atoms. The standard InChI is InChI=1S/C7H7ClN2O3/c8-6-1-5(2-9-3-6)7(11)4-10(12)13/h1-3,7,11H,4H2. The van der Waals surface area contributed by atoms with E-state index in [0.29, 0.717) is 10.6 Å². The Kier molecular flexibility index (Phi) is 3.16. The van der Waals surface area contributed by atoms with Crippen LogP contribution in [0.15, 0.2) is 18.5 Å². The Hall–Kier alpha value is -1.20. The van der Waals surface area contributed by atoms with Crippen molar-refractivity contribution in [2.24, 2.45) is 0 Å². The Bertz CT molecular complexity index is 318. The molecule has 0 aliphatic rings. The number of nitrogens with zero attached hydrogens (tertiary/aromatic N) is 2. The highest BCUT2D eigenvalue weighted by molar-refractivity contribution is 6.30. The van der Waals surface area contributed by atoms with Gasteiger partial charge in [0, 0.05) is 22.9 Å². The lowest BCUT2D eigenvalue weighted by molar-refractivity contribution is -0.491. The molecular weight excluding hydrogens is 196 g/mol. The first kappa shape index (κ1) is 9.88. The van der Waals surface area contributed by atoms with Crippen molar-refractivity contribution in [2.45, 2.75) is 6.10 Å². The summed E-state index contributed by atoms with van der Waals surface area (Å²) in [5.41, 5.74) is 0.351. The zero-order valence-corrected chi connectivity index (χ0v) is 7.31. The number of rotatable bonds is 3. The van der Waals surface area contributed by atoms with E-state index in [1.54, 1.807) is 0 Å². The maximum atomic E-state index is 10.1. The van der Waals surface area contributed by atoms with Crippen molar-refractivity contribution in [2.75, 3.05) is 6.54 Å². The van der Waals surface area contributed by atoms with Crippen molar-refractivity contribution >= 4 is 11.6 Å². The molecule has 0 radical (unpaired) electrons. The van der Waals surface area contributed by atoms with E-state index < -0.39 is 17.6 Å². The average molecular weight is 203 g/mol. The molecule has 6 heteroatoms. The van der Waals surface area contributed by atoms with Crippen LogP contribution in [0.3, 0.4) is 0 Å². The zero-order valence-electron chi connectivity index (χ0n) is 6.55. The van der Waals surface area contributed by atoms with Crippen LogP contribution in [-0.2, 0) is 0 Å². The third kappa shape index (κ3) is 2.96. The minimum absolute atomic E-state index is 0.347. The molecule has 1 heterocycles. The largest absolute Gasteiger partial charge is 0.381 e. The molecular formula is C7H7ClN2O3. The van der Waals surface area contributed by atoms with Crippen LogP contribution in [0.5, 0.6) is 0 Å². The molecule has 1 atom stereocenters. The first-order chi connectivity index (χ1) is 6.09. The SMILES string of the molecule is O=[N+]([O-])CC(O)c1cncc(Cl)c1. The van der Waals surface area contributed by atoms with Gasteiger partial charge >= 0.3 is 0 Å². The van der Waals surface area contributed by atoms with Crippen LogP contribution in [0.4, 0.5) is 0 Å². The quantitative estimate of drug-likeness (QED) is 0.587. The van der Waals surface area contributed by atoms with E-state index in [1.165, 1.54) is 18.5 Å². The summed E-state index contributed by atoms with van der Waals surface area (Å²) in [4.78, 5) is 13.2. The maximum Gasteiger partial charge on any atom is 0.233 e. The van der Waals surface area contributed by atoms with Crippen LogP contribution < -0.4 is 0 Å². The molecule has 1 aromatic heterocycles. The summed E-state index contributed by atoms with van der Waals surface area (Å²) >= 11 is 5.58. The minimum Gasteiger partial charge on any atom is -0.381 e. The fourth-order valence-corrected chi connectivity index (χ4v) is 1.04. The van der Waals surface area contributed by atoms with Crippen molar-refractivity contribution in [3.05, 3.63) is 39.2 Å². The van der Waals surface area contributed by atoms with E-state index in [-0.39, 0.29) is 0 Å². The number of hydrogen-bond acceptors (Lipinski definition) is 4. The van der Waals surface area contributed by atoms with Gasteiger partial charge in [0.15, 0.2) is 0 Å². The molecule has 70 valence electrons. The van der Waals surface area contributed by atoms with Crippen LogP contribution in [0, 0.1) is 10.1 Å². The van der Waals surface area contributed by atoms with Gasteiger partial charge in [0.1, 0.15) is 6.10 Å². The Balaban J connectivity index is 2.76. The van der Waals surface area contributed by atoms with E-state index in [1.807, 2.05) is 0 Å². The van der Waals surface area contributed by atoms with E-state index in [0.717, 1.165) is 0 Å². The molecule has 1 N–H and O–H groups in total. The molecule has 0 aliphatic carbocycles. The van der Waals surface area contributed by atoms with Crippen molar-refractivity contribution in [1.29, 1.82) is 0 Å². The number of nitro groups is 1. The minimum atomic E-state index is -1.15. The lowest BCUT2D eigenvalue weighted by atomic mass is 10.2. The van der Waals surface area contributed by atoms with Gasteiger partial charge in [0.25, 0.3) is 0 Å². The fourth-order valence-electron chi connectivity index (χ4n) is 0.857. The average Bonchev–Trinajstić information content (AvgIpc) is 2.03. The van der Waals surface area contributed by atoms with Crippen molar-refractivity contribution in [3.8, 4) is 0 Å². The highest BCUT2D eigenvalue weighted by atomic mass is 35.5. The number of pyridine rings is 1. The summed E-state index contributed by atoms with van der Waals surface area (Å²) < 4.78 is 0. The molecule has 0 amide bonds. The van der Waals surface area contributed by atoms with Gasteiger partial charge in [0.2, 0.25) is 6.54 Å². The molecule has 13 heavy (non-hydrogen) atoms. The van der Waals surface area contributed by atoms with Crippen molar-refractivity contribution < 1.29 is 10.0 Å². The molecule has 1 rings (SSSR count). The molecule has 0 aliphatic heterocycles. The second-order valence-corrected chi connectivity index (χ2v) is 2.90. The molecule has 0 saturated heterocycles. The Morgan fingerprint density at radius 1 is 1.69 bits per heavy atom. The maximum absolute atomic E-state index is 10.1. The van der Waals surface area contributed by atoms with Crippen LogP contribution in [-0.4, -0.2) is 21.6 Å². The van der Waals surface area contributed by atoms with E-state index in [9.17, 15) is 15.2 Å². The summed E-state index contributed by atoms with van der Waals surface area (Å²) in [7, 11) is 0. The summed E-state index contributed by atoms with van der Waals surface area (Å²) in [5, 5.41) is 19.7. The molecule has 0 saturated carbocycles. The van der Waals surface area contributed by atoms with Crippen LogP contribution in [0.2, 0.25) is 5.02 Å². The predicted molar refractivity (Wildman–Crippen MR) is 46.1 cm³/mol. The van der Waals surface area contributed by atoms with Gasteiger partial charge in [-0.25, -0.2) is 0 Å². The number of aliphatic hydroxyl groups excluding tert-OH is 1. The van der Waals surface area contributed by atoms with Gasteiger partial charge in [-0.15, -0.1) is 0 Å². The van der Waals surface area contributed by atoms with Gasteiger partial charge in [0.05, 0.1) is 5.02 Å². The lowest BCUT2D eigenvalue weighted by Crippen LogP contribution is -2.11. The van der Waals surface area contributed by atoms with E-state index >= 15 is 0 Å². The highest BCUT2D eigenvalue weighted by Crippen LogP contribution is 2.15. The molecule has 1 aromatic rings. The number of hydrogen-bond donors (Lipinski definition) is 1. The van der Waals surface area contributed by atoms with Crippen LogP contribution >= 0.6 is 11.6 Å². The second kappa shape index (κ2) is 4.15. The van der Waals surface area contributed by atoms with Crippen molar-refractivity contribution in [1.82, 2.24) is 4.98 Å². The zero-order chi connectivity index (χ0) is 9.84.